The standard InChI is InChI=1S/C24H23B3N8O5/c1-11(36)31-23(8-9-23)22-30-21(40-35-22)13-4-3-5-14(18(13)39-2)28-15-10-16(29-19(37)12-6-7-12)33-34-17(15)20(38)32-24(25,26)27/h3-5,10,12H,6-9H2,1-2H3,(H,31,36)(H,32,38)(H2,28,29,33,37). The number of nitrogens with zero attached hydrogens (tertiary/aromatic N) is 4. The maximum atomic E-state index is 12.9. The molecule has 40 heavy (non-hydrogen) atoms. The maximum Gasteiger partial charge on any atom is 0.272 e. The molecule has 4 N–H and O–H groups in total. The molecular weight excluding hydrogens is 513 g/mol. The summed E-state index contributed by atoms with van der Waals surface area (Å²) in [5, 5.41) is 20.8. The van der Waals surface area contributed by atoms with Crippen molar-refractivity contribution in [3.8, 4) is 17.2 Å². The number of hydrogen-bond acceptors (Lipinski definition) is 10. The summed E-state index contributed by atoms with van der Waals surface area (Å²) < 4.78 is 11.2. The molecule has 3 aromatic rings. The van der Waals surface area contributed by atoms with E-state index in [0.29, 0.717) is 35.7 Å². The second-order valence-corrected chi connectivity index (χ2v) is 9.84. The van der Waals surface area contributed by atoms with E-state index in [-0.39, 0.29) is 40.8 Å². The number of para-hydroxylation sites is 1. The molecule has 198 valence electrons. The number of benzene rings is 1. The van der Waals surface area contributed by atoms with Gasteiger partial charge in [0.25, 0.3) is 11.8 Å². The lowest BCUT2D eigenvalue weighted by Gasteiger charge is -2.23. The van der Waals surface area contributed by atoms with Gasteiger partial charge in [0.1, 0.15) is 5.54 Å². The third-order valence-corrected chi connectivity index (χ3v) is 6.28. The summed E-state index contributed by atoms with van der Waals surface area (Å²) >= 11 is 0. The van der Waals surface area contributed by atoms with Crippen molar-refractivity contribution in [2.75, 3.05) is 17.7 Å². The minimum atomic E-state index is -2.02. The minimum Gasteiger partial charge on any atom is -0.494 e. The molecule has 0 spiro atoms. The summed E-state index contributed by atoms with van der Waals surface area (Å²) in [6.07, 6.45) is 2.98. The van der Waals surface area contributed by atoms with Crippen LogP contribution in [0.3, 0.4) is 0 Å². The molecule has 3 amide bonds. The van der Waals surface area contributed by atoms with Gasteiger partial charge in [0.2, 0.25) is 11.8 Å². The largest absolute Gasteiger partial charge is 0.494 e. The van der Waals surface area contributed by atoms with E-state index in [0.717, 1.165) is 12.8 Å². The van der Waals surface area contributed by atoms with Gasteiger partial charge < -0.3 is 30.5 Å². The molecule has 0 unspecified atom stereocenters. The fourth-order valence-corrected chi connectivity index (χ4v) is 4.11. The molecular formula is C24H23B3N8O5. The molecule has 2 fully saturated rings. The topological polar surface area (TPSA) is 173 Å². The predicted molar refractivity (Wildman–Crippen MR) is 145 cm³/mol. The van der Waals surface area contributed by atoms with Crippen molar-refractivity contribution in [1.29, 1.82) is 0 Å². The van der Waals surface area contributed by atoms with Crippen molar-refractivity contribution < 1.29 is 23.6 Å². The Labute approximate surface area is 233 Å². The summed E-state index contributed by atoms with van der Waals surface area (Å²) in [5.74, 6) is -0.324. The van der Waals surface area contributed by atoms with Gasteiger partial charge in [-0.2, -0.15) is 4.98 Å². The molecule has 2 aliphatic rings. The molecule has 0 bridgehead atoms. The van der Waals surface area contributed by atoms with Gasteiger partial charge >= 0.3 is 0 Å². The molecule has 2 saturated carbocycles. The zero-order valence-electron chi connectivity index (χ0n) is 21.8. The highest BCUT2D eigenvalue weighted by atomic mass is 16.5. The molecule has 6 radical (unpaired) electrons. The molecule has 2 aliphatic carbocycles. The first-order valence-electron chi connectivity index (χ1n) is 12.4. The molecule has 2 aromatic heterocycles. The summed E-state index contributed by atoms with van der Waals surface area (Å²) in [6.45, 7) is 1.43. The van der Waals surface area contributed by atoms with Crippen LogP contribution >= 0.6 is 0 Å². The Balaban J connectivity index is 1.48. The quantitative estimate of drug-likeness (QED) is 0.269. The summed E-state index contributed by atoms with van der Waals surface area (Å²) in [4.78, 5) is 41.3. The molecule has 13 nitrogen and oxygen atoms in total. The molecule has 1 aromatic carbocycles. The number of anilines is 3. The zero-order valence-corrected chi connectivity index (χ0v) is 21.8. The average Bonchev–Trinajstić information content (AvgIpc) is 3.81. The fourth-order valence-electron chi connectivity index (χ4n) is 4.11. The number of carbonyl (C=O) groups is 3. The molecule has 16 heteroatoms. The van der Waals surface area contributed by atoms with E-state index in [1.807, 2.05) is 0 Å². The van der Waals surface area contributed by atoms with E-state index in [1.165, 1.54) is 20.1 Å². The van der Waals surface area contributed by atoms with E-state index in [4.69, 9.17) is 32.8 Å². The van der Waals surface area contributed by atoms with Crippen LogP contribution in [0.4, 0.5) is 17.2 Å². The van der Waals surface area contributed by atoms with Crippen molar-refractivity contribution in [3.63, 3.8) is 0 Å². The molecule has 0 aliphatic heterocycles. The first-order valence-corrected chi connectivity index (χ1v) is 12.4. The average molecular weight is 536 g/mol. The van der Waals surface area contributed by atoms with E-state index in [2.05, 4.69) is 41.6 Å². The number of ether oxygens (including phenoxy) is 1. The van der Waals surface area contributed by atoms with Gasteiger partial charge in [0, 0.05) is 18.9 Å². The summed E-state index contributed by atoms with van der Waals surface area (Å²) in [7, 11) is 18.1. The monoisotopic (exact) mass is 536 g/mol. The van der Waals surface area contributed by atoms with Crippen LogP contribution in [0.5, 0.6) is 5.75 Å². The Morgan fingerprint density at radius 1 is 1.12 bits per heavy atom. The van der Waals surface area contributed by atoms with E-state index >= 15 is 0 Å². The van der Waals surface area contributed by atoms with Crippen LogP contribution in [0.2, 0.25) is 0 Å². The second-order valence-electron chi connectivity index (χ2n) is 9.84. The van der Waals surface area contributed by atoms with Gasteiger partial charge in [-0.25, -0.2) is 0 Å². The molecule has 0 saturated heterocycles. The molecule has 2 heterocycles. The minimum absolute atomic E-state index is 0.0787. The van der Waals surface area contributed by atoms with Gasteiger partial charge in [-0.3, -0.25) is 14.4 Å². The normalized spacial score (nSPS) is 15.6. The van der Waals surface area contributed by atoms with Gasteiger partial charge in [0.05, 0.1) is 47.6 Å². The number of nitrogens with one attached hydrogen (secondary N) is 4. The maximum absolute atomic E-state index is 12.9. The van der Waals surface area contributed by atoms with Gasteiger partial charge in [-0.1, -0.05) is 16.5 Å². The molecule has 0 atom stereocenters. The lowest BCUT2D eigenvalue weighted by Crippen LogP contribution is -2.50. The first kappa shape index (κ1) is 27.2. The third kappa shape index (κ3) is 5.95. The Hall–Kier alpha value is -4.36. The van der Waals surface area contributed by atoms with Crippen LogP contribution in [-0.4, -0.2) is 73.9 Å². The number of rotatable bonds is 10. The Kier molecular flexibility index (Phi) is 7.02. The lowest BCUT2D eigenvalue weighted by atomic mass is 9.49. The number of amides is 3. The van der Waals surface area contributed by atoms with Gasteiger partial charge in [0.15, 0.2) is 23.1 Å². The van der Waals surface area contributed by atoms with E-state index in [1.54, 1.807) is 18.2 Å². The van der Waals surface area contributed by atoms with Crippen molar-refractivity contribution in [1.82, 2.24) is 31.0 Å². The number of hydrogen-bond donors (Lipinski definition) is 4. The Morgan fingerprint density at radius 2 is 1.88 bits per heavy atom. The second kappa shape index (κ2) is 10.3. The van der Waals surface area contributed by atoms with Crippen molar-refractivity contribution >= 4 is 58.5 Å². The molecule has 5 rings (SSSR count). The van der Waals surface area contributed by atoms with Gasteiger partial charge in [-0.05, 0) is 37.8 Å². The number of methoxy groups -OCH3 is 1. The fraction of sp³-hybridized carbons (Fsp3) is 0.375. The highest BCUT2D eigenvalue weighted by Crippen LogP contribution is 2.45. The lowest BCUT2D eigenvalue weighted by molar-refractivity contribution is -0.120. The van der Waals surface area contributed by atoms with Crippen molar-refractivity contribution in [2.45, 2.75) is 43.4 Å². The first-order chi connectivity index (χ1) is 19.0. The summed E-state index contributed by atoms with van der Waals surface area (Å²) in [6, 6.07) is 6.54. The van der Waals surface area contributed by atoms with Crippen LogP contribution in [0.1, 0.15) is 48.9 Å². The van der Waals surface area contributed by atoms with Crippen LogP contribution in [0.15, 0.2) is 28.8 Å². The predicted octanol–water partition coefficient (Wildman–Crippen LogP) is 0.599. The van der Waals surface area contributed by atoms with Crippen molar-refractivity contribution in [3.05, 3.63) is 35.8 Å². The van der Waals surface area contributed by atoms with Gasteiger partial charge in [-0.15, -0.1) is 10.2 Å². The number of carbonyl (C=O) groups excluding carboxylic acids is 3. The summed E-state index contributed by atoms with van der Waals surface area (Å²) in [5.41, 5.74) is 0.141. The highest BCUT2D eigenvalue weighted by molar-refractivity contribution is 6.60. The Morgan fingerprint density at radius 3 is 2.50 bits per heavy atom. The SMILES string of the molecule is [B]C([B])([B])NC(=O)c1nnc(NC(=O)C2CC2)cc1Nc1cccc(-c2nc(C3(NC(C)=O)CC3)no2)c1OC. The highest BCUT2D eigenvalue weighted by Gasteiger charge is 2.49. The van der Waals surface area contributed by atoms with Crippen molar-refractivity contribution in [2.24, 2.45) is 5.92 Å². The van der Waals surface area contributed by atoms with E-state index in [9.17, 15) is 14.4 Å². The smallest absolute Gasteiger partial charge is 0.272 e. The zero-order chi connectivity index (χ0) is 28.7. The van der Waals surface area contributed by atoms with Crippen LogP contribution in [-0.2, 0) is 15.1 Å². The van der Waals surface area contributed by atoms with Crippen LogP contribution in [0.25, 0.3) is 11.5 Å². The van der Waals surface area contributed by atoms with E-state index < -0.39 is 16.7 Å². The number of aromatic nitrogens is 4. The van der Waals surface area contributed by atoms with Crippen LogP contribution in [0, 0.1) is 5.92 Å². The Bertz CT molecular complexity index is 1480. The van der Waals surface area contributed by atoms with Crippen LogP contribution < -0.4 is 26.0 Å². The third-order valence-electron chi connectivity index (χ3n) is 6.28.